The van der Waals surface area contributed by atoms with Crippen LogP contribution >= 0.6 is 39.0 Å². The number of carbonyl (C=O) groups excluding carboxylic acids is 2. The van der Waals surface area contributed by atoms with Gasteiger partial charge in [0.25, 0.3) is 0 Å². The Labute approximate surface area is 191 Å². The van der Waals surface area contributed by atoms with E-state index in [1.54, 1.807) is 30.4 Å². The van der Waals surface area contributed by atoms with Crippen molar-refractivity contribution in [1.82, 2.24) is 4.57 Å². The van der Waals surface area contributed by atoms with E-state index in [9.17, 15) is 9.59 Å². The van der Waals surface area contributed by atoms with Crippen molar-refractivity contribution in [1.29, 1.82) is 0 Å². The molecule has 3 aromatic rings. The van der Waals surface area contributed by atoms with Gasteiger partial charge in [-0.15, -0.1) is 11.8 Å². The normalized spacial score (nSPS) is 11.6. The average Bonchev–Trinajstić information content (AvgIpc) is 3.04. The third-order valence-corrected chi connectivity index (χ3v) is 6.65. The molecule has 6 nitrogen and oxygen atoms in total. The molecule has 0 aliphatic carbocycles. The van der Waals surface area contributed by atoms with Crippen molar-refractivity contribution in [2.24, 2.45) is 4.99 Å². The Morgan fingerprint density at radius 2 is 1.97 bits per heavy atom. The lowest BCUT2D eigenvalue weighted by atomic mass is 10.3. The first-order valence-electron chi connectivity index (χ1n) is 9.29. The van der Waals surface area contributed by atoms with Crippen LogP contribution in [0.25, 0.3) is 10.2 Å². The molecule has 2 aromatic carbocycles. The smallest absolute Gasteiger partial charge is 0.326 e. The summed E-state index contributed by atoms with van der Waals surface area (Å²) in [5.74, 6) is 0.833. The van der Waals surface area contributed by atoms with Crippen LogP contribution in [0.15, 0.2) is 56.8 Å². The summed E-state index contributed by atoms with van der Waals surface area (Å²) in [6, 6.07) is 13.4. The lowest BCUT2D eigenvalue weighted by Gasteiger charge is -2.05. The number of amides is 1. The standard InChI is InChI=1S/C21H21BrN2O4S2/c1-3-28-20(26)13-24-17-9-4-14(22)12-18(17)30-21(24)23-19(25)10-11-29-16-7-5-15(27-2)6-8-16/h4-9,12H,3,10-11,13H2,1-2H3. The van der Waals surface area contributed by atoms with Gasteiger partial charge in [0.1, 0.15) is 12.3 Å². The van der Waals surface area contributed by atoms with Gasteiger partial charge in [-0.2, -0.15) is 4.99 Å². The Morgan fingerprint density at radius 3 is 2.67 bits per heavy atom. The topological polar surface area (TPSA) is 69.9 Å². The molecule has 0 unspecified atom stereocenters. The molecule has 0 spiro atoms. The zero-order valence-corrected chi connectivity index (χ0v) is 19.8. The van der Waals surface area contributed by atoms with Gasteiger partial charge in [-0.25, -0.2) is 0 Å². The second-order valence-corrected chi connectivity index (χ2v) is 9.26. The van der Waals surface area contributed by atoms with Crippen LogP contribution in [0.4, 0.5) is 0 Å². The van der Waals surface area contributed by atoms with Crippen LogP contribution in [-0.2, 0) is 20.9 Å². The lowest BCUT2D eigenvalue weighted by molar-refractivity contribution is -0.143. The minimum Gasteiger partial charge on any atom is -0.497 e. The molecule has 9 heteroatoms. The van der Waals surface area contributed by atoms with Crippen LogP contribution in [0.3, 0.4) is 0 Å². The number of ether oxygens (including phenoxy) is 2. The number of aromatic nitrogens is 1. The molecule has 0 saturated carbocycles. The molecular weight excluding hydrogens is 488 g/mol. The van der Waals surface area contributed by atoms with E-state index in [0.717, 1.165) is 25.3 Å². The number of hydrogen-bond donors (Lipinski definition) is 0. The van der Waals surface area contributed by atoms with E-state index in [2.05, 4.69) is 20.9 Å². The summed E-state index contributed by atoms with van der Waals surface area (Å²) in [6.07, 6.45) is 0.300. The second-order valence-electron chi connectivity index (χ2n) is 6.17. The summed E-state index contributed by atoms with van der Waals surface area (Å²) in [5.41, 5.74) is 0.843. The van der Waals surface area contributed by atoms with Gasteiger partial charge in [-0.05, 0) is 49.4 Å². The van der Waals surface area contributed by atoms with Gasteiger partial charge in [-0.3, -0.25) is 9.59 Å². The number of fused-ring (bicyclic) bond motifs is 1. The van der Waals surface area contributed by atoms with Crippen LogP contribution in [0.2, 0.25) is 0 Å². The van der Waals surface area contributed by atoms with Crippen molar-refractivity contribution in [3.8, 4) is 5.75 Å². The van der Waals surface area contributed by atoms with Crippen LogP contribution in [-0.4, -0.2) is 35.9 Å². The first-order chi connectivity index (χ1) is 14.5. The van der Waals surface area contributed by atoms with Crippen LogP contribution in [0, 0.1) is 0 Å². The molecule has 0 saturated heterocycles. The van der Waals surface area contributed by atoms with E-state index >= 15 is 0 Å². The SMILES string of the molecule is CCOC(=O)Cn1c(=NC(=O)CCSc2ccc(OC)cc2)sc2cc(Br)ccc21. The van der Waals surface area contributed by atoms with E-state index < -0.39 is 0 Å². The summed E-state index contributed by atoms with van der Waals surface area (Å²) in [7, 11) is 1.63. The molecular formula is C21H21BrN2O4S2. The van der Waals surface area contributed by atoms with Crippen molar-refractivity contribution in [2.75, 3.05) is 19.5 Å². The Morgan fingerprint density at radius 1 is 1.20 bits per heavy atom. The Hall–Kier alpha value is -2.10. The summed E-state index contributed by atoms with van der Waals surface area (Å²) < 4.78 is 13.8. The number of carbonyl (C=O) groups is 2. The van der Waals surface area contributed by atoms with E-state index in [1.165, 1.54) is 11.3 Å². The zero-order valence-electron chi connectivity index (χ0n) is 16.6. The van der Waals surface area contributed by atoms with E-state index in [1.807, 2.05) is 42.5 Å². The summed E-state index contributed by atoms with van der Waals surface area (Å²) >= 11 is 6.42. The summed E-state index contributed by atoms with van der Waals surface area (Å²) in [4.78, 5) is 30.4. The van der Waals surface area contributed by atoms with Gasteiger partial charge in [-0.1, -0.05) is 27.3 Å². The maximum Gasteiger partial charge on any atom is 0.326 e. The number of hydrogen-bond acceptors (Lipinski definition) is 6. The number of rotatable bonds is 8. The van der Waals surface area contributed by atoms with Crippen LogP contribution < -0.4 is 9.54 Å². The van der Waals surface area contributed by atoms with E-state index in [4.69, 9.17) is 9.47 Å². The molecule has 0 radical (unpaired) electrons. The van der Waals surface area contributed by atoms with Gasteiger partial charge < -0.3 is 14.0 Å². The zero-order chi connectivity index (χ0) is 21.5. The lowest BCUT2D eigenvalue weighted by Crippen LogP contribution is -2.23. The molecule has 158 valence electrons. The van der Waals surface area contributed by atoms with Gasteiger partial charge >= 0.3 is 5.97 Å². The van der Waals surface area contributed by atoms with Gasteiger partial charge in [0.2, 0.25) is 5.91 Å². The molecule has 1 heterocycles. The number of methoxy groups -OCH3 is 1. The fraction of sp³-hybridized carbons (Fsp3) is 0.286. The van der Waals surface area contributed by atoms with Crippen molar-refractivity contribution < 1.29 is 19.1 Å². The maximum atomic E-state index is 12.5. The number of nitrogens with zero attached hydrogens (tertiary/aromatic N) is 2. The monoisotopic (exact) mass is 508 g/mol. The third kappa shape index (κ3) is 5.96. The minimum atomic E-state index is -0.357. The summed E-state index contributed by atoms with van der Waals surface area (Å²) in [5, 5.41) is 0. The molecule has 1 amide bonds. The third-order valence-electron chi connectivity index (χ3n) is 4.10. The Balaban J connectivity index is 1.75. The number of esters is 1. The average molecular weight is 509 g/mol. The molecule has 0 fully saturated rings. The van der Waals surface area contributed by atoms with Crippen molar-refractivity contribution >= 4 is 61.1 Å². The first kappa shape index (κ1) is 22.6. The predicted molar refractivity (Wildman–Crippen MR) is 123 cm³/mol. The second kappa shape index (κ2) is 10.8. The van der Waals surface area contributed by atoms with Crippen LogP contribution in [0.1, 0.15) is 13.3 Å². The fourth-order valence-electron chi connectivity index (χ4n) is 2.71. The Bertz CT molecular complexity index is 1110. The first-order valence-corrected chi connectivity index (χ1v) is 11.9. The number of halogens is 1. The molecule has 0 atom stereocenters. The quantitative estimate of drug-likeness (QED) is 0.327. The Kier molecular flexibility index (Phi) is 8.12. The molecule has 0 aliphatic heterocycles. The molecule has 0 aliphatic rings. The predicted octanol–water partition coefficient (Wildman–Crippen LogP) is 4.65. The van der Waals surface area contributed by atoms with Crippen molar-refractivity contribution in [2.45, 2.75) is 24.8 Å². The number of thioether (sulfide) groups is 1. The fourth-order valence-corrected chi connectivity index (χ4v) is 5.15. The molecule has 1 aromatic heterocycles. The van der Waals surface area contributed by atoms with Crippen LogP contribution in [0.5, 0.6) is 5.75 Å². The van der Waals surface area contributed by atoms with Crippen molar-refractivity contribution in [3.63, 3.8) is 0 Å². The minimum absolute atomic E-state index is 0.0161. The van der Waals surface area contributed by atoms with Gasteiger partial charge in [0, 0.05) is 21.5 Å². The highest BCUT2D eigenvalue weighted by atomic mass is 79.9. The highest BCUT2D eigenvalue weighted by Gasteiger charge is 2.12. The molecule has 0 N–H and O–H groups in total. The van der Waals surface area contributed by atoms with Crippen molar-refractivity contribution in [3.05, 3.63) is 51.7 Å². The van der Waals surface area contributed by atoms with E-state index in [-0.39, 0.29) is 18.4 Å². The maximum absolute atomic E-state index is 12.5. The molecule has 0 bridgehead atoms. The number of benzene rings is 2. The summed E-state index contributed by atoms with van der Waals surface area (Å²) in [6.45, 7) is 2.09. The largest absolute Gasteiger partial charge is 0.497 e. The number of thiazole rings is 1. The van der Waals surface area contributed by atoms with E-state index in [0.29, 0.717) is 23.6 Å². The van der Waals surface area contributed by atoms with Gasteiger partial charge in [0.05, 0.1) is 23.9 Å². The van der Waals surface area contributed by atoms with Gasteiger partial charge in [0.15, 0.2) is 4.80 Å². The highest BCUT2D eigenvalue weighted by molar-refractivity contribution is 9.10. The highest BCUT2D eigenvalue weighted by Crippen LogP contribution is 2.23. The molecule has 3 rings (SSSR count). The molecule has 30 heavy (non-hydrogen) atoms.